The number of piperazine rings is 1. The molecule has 35 heavy (non-hydrogen) atoms. The van der Waals surface area contributed by atoms with Crippen LogP contribution in [-0.4, -0.2) is 76.2 Å². The van der Waals surface area contributed by atoms with Gasteiger partial charge in [0.25, 0.3) is 0 Å². The highest BCUT2D eigenvalue weighted by atomic mass is 19.4. The van der Waals surface area contributed by atoms with Crippen LogP contribution in [0.1, 0.15) is 12.5 Å². The molecule has 1 saturated heterocycles. The van der Waals surface area contributed by atoms with Crippen molar-refractivity contribution in [2.24, 2.45) is 0 Å². The molecule has 1 aromatic carbocycles. The predicted octanol–water partition coefficient (Wildman–Crippen LogP) is 1.39. The van der Waals surface area contributed by atoms with Crippen LogP contribution >= 0.6 is 0 Å². The van der Waals surface area contributed by atoms with Gasteiger partial charge in [-0.15, -0.1) is 5.10 Å². The van der Waals surface area contributed by atoms with Crippen molar-refractivity contribution in [3.05, 3.63) is 58.8 Å². The lowest BCUT2D eigenvalue weighted by atomic mass is 10.2. The van der Waals surface area contributed by atoms with Crippen LogP contribution in [0.15, 0.2) is 47.7 Å². The Morgan fingerprint density at radius 3 is 2.46 bits per heavy atom. The Hall–Kier alpha value is -3.74. The zero-order chi connectivity index (χ0) is 25.0. The summed E-state index contributed by atoms with van der Waals surface area (Å²) in [5.41, 5.74) is -1.30. The lowest BCUT2D eigenvalue weighted by Crippen LogP contribution is -2.50. The number of aromatic nitrogens is 4. The Kier molecular flexibility index (Phi) is 7.15. The Morgan fingerprint density at radius 1 is 1.09 bits per heavy atom. The third-order valence-electron chi connectivity index (χ3n) is 5.41. The van der Waals surface area contributed by atoms with Gasteiger partial charge in [-0.05, 0) is 13.0 Å². The third kappa shape index (κ3) is 5.85. The topological polar surface area (TPSA) is 103 Å². The maximum Gasteiger partial charge on any atom is 0.419 e. The molecule has 1 atom stereocenters. The van der Waals surface area contributed by atoms with E-state index in [1.54, 1.807) is 34.9 Å². The molecule has 13 heteroatoms. The average Bonchev–Trinajstić information content (AvgIpc) is 2.85. The summed E-state index contributed by atoms with van der Waals surface area (Å²) in [5.74, 6) is -0.0453. The van der Waals surface area contributed by atoms with E-state index in [9.17, 15) is 22.8 Å². The minimum atomic E-state index is -4.49. The molecule has 0 spiro atoms. The van der Waals surface area contributed by atoms with E-state index in [1.165, 1.54) is 6.20 Å². The lowest BCUT2D eigenvalue weighted by Gasteiger charge is -2.34. The van der Waals surface area contributed by atoms with Crippen LogP contribution in [0.5, 0.6) is 0 Å². The average molecular weight is 492 g/mol. The van der Waals surface area contributed by atoms with Crippen LogP contribution in [0.3, 0.4) is 0 Å². The van der Waals surface area contributed by atoms with Crippen molar-refractivity contribution in [3.63, 3.8) is 0 Å². The van der Waals surface area contributed by atoms with Gasteiger partial charge in [-0.1, -0.05) is 23.0 Å². The Bertz CT molecular complexity index is 1230. The molecule has 1 aliphatic rings. The van der Waals surface area contributed by atoms with Crippen LogP contribution in [0.25, 0.3) is 10.8 Å². The number of nitrogens with zero attached hydrogens (tertiary/aromatic N) is 6. The van der Waals surface area contributed by atoms with Gasteiger partial charge in [0, 0.05) is 44.0 Å². The normalized spacial score (nSPS) is 15.3. The van der Waals surface area contributed by atoms with Gasteiger partial charge < -0.3 is 19.4 Å². The maximum absolute atomic E-state index is 12.7. The van der Waals surface area contributed by atoms with Crippen molar-refractivity contribution in [3.8, 4) is 0 Å². The second-order valence-electron chi connectivity index (χ2n) is 7.98. The number of fused-ring (bicyclic) bond motifs is 1. The number of halogens is 3. The Labute approximate surface area is 197 Å². The van der Waals surface area contributed by atoms with Crippen LogP contribution < -0.4 is 15.3 Å². The number of carbonyl (C=O) groups excluding carboxylic acids is 1. The molecule has 4 rings (SSSR count). The fourth-order valence-corrected chi connectivity index (χ4v) is 3.54. The fraction of sp³-hybridized carbons (Fsp3) is 0.409. The van der Waals surface area contributed by atoms with Gasteiger partial charge in [0.15, 0.2) is 0 Å². The zero-order valence-electron chi connectivity index (χ0n) is 18.8. The van der Waals surface area contributed by atoms with Crippen LogP contribution in [0.2, 0.25) is 0 Å². The van der Waals surface area contributed by atoms with E-state index in [0.717, 1.165) is 17.2 Å². The highest BCUT2D eigenvalue weighted by Crippen LogP contribution is 2.28. The number of amides is 1. The molecular formula is C22H23F3N6O4. The van der Waals surface area contributed by atoms with E-state index < -0.39 is 17.8 Å². The molecule has 0 N–H and O–H groups in total. The van der Waals surface area contributed by atoms with Crippen LogP contribution in [0, 0.1) is 0 Å². The van der Waals surface area contributed by atoms with Crippen molar-refractivity contribution >= 4 is 22.6 Å². The summed E-state index contributed by atoms with van der Waals surface area (Å²) in [4.78, 5) is 42.2. The van der Waals surface area contributed by atoms with Crippen molar-refractivity contribution in [2.75, 3.05) is 44.3 Å². The first-order valence-electron chi connectivity index (χ1n) is 10.9. The number of hydrogen-bond donors (Lipinski definition) is 0. The number of anilines is 1. The van der Waals surface area contributed by atoms with Gasteiger partial charge in [-0.25, -0.2) is 9.97 Å². The summed E-state index contributed by atoms with van der Waals surface area (Å²) in [7, 11) is 0. The van der Waals surface area contributed by atoms with Crippen molar-refractivity contribution in [1.82, 2.24) is 24.8 Å². The molecule has 3 heterocycles. The standard InChI is InChI=1S/C22H23F3N6O4/c1-15(35-31-20(33)18-5-3-2-4-16(18)10-28-31)13-34-14-19(32)29-6-8-30(9-7-29)21-26-11-17(12-27-21)22(23,24)25/h2-5,10-12,15H,6-9,13-14H2,1H3. The highest BCUT2D eigenvalue weighted by Gasteiger charge is 2.32. The monoisotopic (exact) mass is 492 g/mol. The van der Waals surface area contributed by atoms with Crippen LogP contribution in [-0.2, 0) is 15.7 Å². The summed E-state index contributed by atoms with van der Waals surface area (Å²) >= 11 is 0. The largest absolute Gasteiger partial charge is 0.419 e. The van der Waals surface area contributed by atoms with Gasteiger partial charge in [-0.3, -0.25) is 9.59 Å². The molecule has 1 unspecified atom stereocenters. The van der Waals surface area contributed by atoms with Gasteiger partial charge in [0.2, 0.25) is 11.9 Å². The molecule has 186 valence electrons. The van der Waals surface area contributed by atoms with Crippen molar-refractivity contribution in [1.29, 1.82) is 0 Å². The van der Waals surface area contributed by atoms with Crippen LogP contribution in [0.4, 0.5) is 19.1 Å². The van der Waals surface area contributed by atoms with Crippen molar-refractivity contribution < 1.29 is 27.5 Å². The van der Waals surface area contributed by atoms with Crippen molar-refractivity contribution in [2.45, 2.75) is 19.2 Å². The molecule has 1 fully saturated rings. The number of ether oxygens (including phenoxy) is 1. The quantitative estimate of drug-likeness (QED) is 0.488. The number of rotatable bonds is 7. The molecule has 1 aliphatic heterocycles. The minimum Gasteiger partial charge on any atom is -0.388 e. The third-order valence-corrected chi connectivity index (χ3v) is 5.41. The first-order chi connectivity index (χ1) is 16.7. The summed E-state index contributed by atoms with van der Waals surface area (Å²) in [6, 6.07) is 7.03. The van der Waals surface area contributed by atoms with E-state index in [-0.39, 0.29) is 30.6 Å². The molecule has 3 aromatic rings. The number of carbonyl (C=O) groups is 1. The molecule has 0 saturated carbocycles. The summed E-state index contributed by atoms with van der Waals surface area (Å²) in [5, 5.41) is 5.18. The SMILES string of the molecule is CC(COCC(=O)N1CCN(c2ncc(C(F)(F)F)cn2)CC1)On1ncc2ccccc2c1=O. The van der Waals surface area contributed by atoms with Gasteiger partial charge in [0.05, 0.1) is 23.8 Å². The molecule has 10 nitrogen and oxygen atoms in total. The zero-order valence-corrected chi connectivity index (χ0v) is 18.8. The smallest absolute Gasteiger partial charge is 0.388 e. The number of hydrogen-bond acceptors (Lipinski definition) is 8. The predicted molar refractivity (Wildman–Crippen MR) is 119 cm³/mol. The van der Waals surface area contributed by atoms with Gasteiger partial charge >= 0.3 is 11.7 Å². The highest BCUT2D eigenvalue weighted by molar-refractivity contribution is 5.80. The summed E-state index contributed by atoms with van der Waals surface area (Å²) < 4.78 is 43.4. The fourth-order valence-electron chi connectivity index (χ4n) is 3.54. The summed E-state index contributed by atoms with van der Waals surface area (Å²) in [6.07, 6.45) is -2.00. The number of benzene rings is 1. The Balaban J connectivity index is 1.21. The van der Waals surface area contributed by atoms with E-state index >= 15 is 0 Å². The Morgan fingerprint density at radius 2 is 1.77 bits per heavy atom. The van der Waals surface area contributed by atoms with E-state index in [0.29, 0.717) is 37.0 Å². The van der Waals surface area contributed by atoms with E-state index in [1.807, 2.05) is 6.07 Å². The molecular weight excluding hydrogens is 469 g/mol. The minimum absolute atomic E-state index is 0.0616. The second kappa shape index (κ2) is 10.3. The maximum atomic E-state index is 12.7. The summed E-state index contributed by atoms with van der Waals surface area (Å²) in [6.45, 7) is 3.05. The van der Waals surface area contributed by atoms with Gasteiger partial charge in [0.1, 0.15) is 12.7 Å². The molecule has 2 aromatic heterocycles. The molecule has 0 aliphatic carbocycles. The first kappa shape index (κ1) is 24.4. The molecule has 0 radical (unpaired) electrons. The first-order valence-corrected chi connectivity index (χ1v) is 10.9. The lowest BCUT2D eigenvalue weighted by molar-refractivity contribution is -0.139. The van der Waals surface area contributed by atoms with E-state index in [4.69, 9.17) is 9.57 Å². The number of alkyl halides is 3. The van der Waals surface area contributed by atoms with E-state index in [2.05, 4.69) is 15.1 Å². The van der Waals surface area contributed by atoms with Gasteiger partial charge in [-0.2, -0.15) is 13.2 Å². The molecule has 1 amide bonds. The second-order valence-corrected chi connectivity index (χ2v) is 7.98. The molecule has 0 bridgehead atoms.